The summed E-state index contributed by atoms with van der Waals surface area (Å²) in [6, 6.07) is 22.5. The standard InChI is InChI=1S/C27H25ClN4O4/c28-19-13-15-21(16-14-19)30-25(34)18-32-23-11-5-4-10-22(23)26(35)31(27(32)36)17-7-6-12-24(33)29-20-8-2-1-3-9-20/h1-5,8-11,13-16H,6-7,12,17-18H2,(H,29,33)(H,30,34). The van der Waals surface area contributed by atoms with E-state index in [1.165, 1.54) is 4.57 Å². The van der Waals surface area contributed by atoms with Crippen LogP contribution in [0.5, 0.6) is 0 Å². The van der Waals surface area contributed by atoms with Crippen LogP contribution in [0.3, 0.4) is 0 Å². The van der Waals surface area contributed by atoms with Crippen molar-refractivity contribution in [2.75, 3.05) is 10.6 Å². The molecule has 0 aliphatic rings. The van der Waals surface area contributed by atoms with Crippen LogP contribution < -0.4 is 21.9 Å². The van der Waals surface area contributed by atoms with Gasteiger partial charge >= 0.3 is 5.69 Å². The number of aromatic nitrogens is 2. The highest BCUT2D eigenvalue weighted by Crippen LogP contribution is 2.14. The molecule has 1 heterocycles. The highest BCUT2D eigenvalue weighted by atomic mass is 35.5. The van der Waals surface area contributed by atoms with Crippen LogP contribution in [0, 0.1) is 0 Å². The fourth-order valence-electron chi connectivity index (χ4n) is 3.90. The molecular weight excluding hydrogens is 480 g/mol. The molecule has 2 amide bonds. The summed E-state index contributed by atoms with van der Waals surface area (Å²) >= 11 is 5.89. The lowest BCUT2D eigenvalue weighted by atomic mass is 10.2. The molecule has 0 saturated carbocycles. The number of nitrogens with zero attached hydrogens (tertiary/aromatic N) is 2. The predicted octanol–water partition coefficient (Wildman–Crippen LogP) is 4.26. The number of hydrogen-bond acceptors (Lipinski definition) is 4. The third-order valence-corrected chi connectivity index (χ3v) is 5.91. The van der Waals surface area contributed by atoms with Crippen molar-refractivity contribution in [3.05, 3.63) is 105 Å². The number of anilines is 2. The predicted molar refractivity (Wildman–Crippen MR) is 141 cm³/mol. The minimum atomic E-state index is -0.571. The van der Waals surface area contributed by atoms with Gasteiger partial charge in [-0.1, -0.05) is 41.9 Å². The van der Waals surface area contributed by atoms with E-state index >= 15 is 0 Å². The Morgan fingerprint density at radius 3 is 2.11 bits per heavy atom. The summed E-state index contributed by atoms with van der Waals surface area (Å²) in [6.07, 6.45) is 1.20. The van der Waals surface area contributed by atoms with Gasteiger partial charge in [-0.15, -0.1) is 0 Å². The molecule has 1 aromatic heterocycles. The Morgan fingerprint density at radius 1 is 0.722 bits per heavy atom. The first kappa shape index (κ1) is 24.9. The van der Waals surface area contributed by atoms with Gasteiger partial charge in [0, 0.05) is 29.4 Å². The first-order chi connectivity index (χ1) is 17.4. The van der Waals surface area contributed by atoms with Crippen LogP contribution in [0.2, 0.25) is 5.02 Å². The summed E-state index contributed by atoms with van der Waals surface area (Å²) in [5.41, 5.74) is 0.659. The summed E-state index contributed by atoms with van der Waals surface area (Å²) in [4.78, 5) is 51.2. The van der Waals surface area contributed by atoms with E-state index in [0.717, 1.165) is 4.57 Å². The normalized spacial score (nSPS) is 10.8. The van der Waals surface area contributed by atoms with Gasteiger partial charge in [-0.25, -0.2) is 4.79 Å². The Morgan fingerprint density at radius 2 is 1.36 bits per heavy atom. The van der Waals surface area contributed by atoms with Crippen molar-refractivity contribution in [2.24, 2.45) is 0 Å². The molecule has 36 heavy (non-hydrogen) atoms. The third-order valence-electron chi connectivity index (χ3n) is 5.66. The van der Waals surface area contributed by atoms with E-state index in [1.807, 2.05) is 18.2 Å². The number of carbonyl (C=O) groups excluding carboxylic acids is 2. The topological polar surface area (TPSA) is 102 Å². The van der Waals surface area contributed by atoms with E-state index in [0.29, 0.717) is 40.1 Å². The van der Waals surface area contributed by atoms with Crippen LogP contribution in [-0.4, -0.2) is 20.9 Å². The minimum Gasteiger partial charge on any atom is -0.326 e. The fraction of sp³-hybridized carbons (Fsp3) is 0.185. The molecule has 2 N–H and O–H groups in total. The van der Waals surface area contributed by atoms with Gasteiger partial charge in [0.2, 0.25) is 11.8 Å². The van der Waals surface area contributed by atoms with Crippen molar-refractivity contribution >= 4 is 45.7 Å². The van der Waals surface area contributed by atoms with Gasteiger partial charge in [-0.3, -0.25) is 23.5 Å². The van der Waals surface area contributed by atoms with Gasteiger partial charge < -0.3 is 10.6 Å². The molecule has 4 rings (SSSR count). The number of halogens is 1. The molecule has 9 heteroatoms. The lowest BCUT2D eigenvalue weighted by Crippen LogP contribution is -2.41. The van der Waals surface area contributed by atoms with Gasteiger partial charge in [0.15, 0.2) is 0 Å². The SMILES string of the molecule is O=C(CCCCn1c(=O)c2ccccc2n(CC(=O)Nc2ccc(Cl)cc2)c1=O)Nc1ccccc1. The van der Waals surface area contributed by atoms with Gasteiger partial charge in [0.1, 0.15) is 6.54 Å². The smallest absolute Gasteiger partial charge is 0.326 e. The molecule has 0 fully saturated rings. The Kier molecular flexibility index (Phi) is 7.97. The van der Waals surface area contributed by atoms with Crippen molar-refractivity contribution < 1.29 is 9.59 Å². The fourth-order valence-corrected chi connectivity index (χ4v) is 4.02. The maximum Gasteiger partial charge on any atom is 0.331 e. The number of rotatable bonds is 9. The number of amides is 2. The first-order valence-electron chi connectivity index (χ1n) is 11.5. The van der Waals surface area contributed by atoms with E-state index in [4.69, 9.17) is 11.6 Å². The Hall–Kier alpha value is -4.17. The molecule has 0 aliphatic heterocycles. The summed E-state index contributed by atoms with van der Waals surface area (Å²) in [5, 5.41) is 6.44. The number of fused-ring (bicyclic) bond motifs is 1. The van der Waals surface area contributed by atoms with Crippen molar-refractivity contribution in [2.45, 2.75) is 32.4 Å². The monoisotopic (exact) mass is 504 g/mol. The van der Waals surface area contributed by atoms with Crippen LogP contribution in [0.1, 0.15) is 19.3 Å². The molecule has 184 valence electrons. The van der Waals surface area contributed by atoms with Crippen molar-refractivity contribution in [3.63, 3.8) is 0 Å². The maximum absolute atomic E-state index is 13.3. The molecular formula is C27H25ClN4O4. The molecule has 0 bridgehead atoms. The summed E-state index contributed by atoms with van der Waals surface area (Å²) in [7, 11) is 0. The highest BCUT2D eigenvalue weighted by Gasteiger charge is 2.15. The van der Waals surface area contributed by atoms with E-state index in [9.17, 15) is 19.2 Å². The summed E-state index contributed by atoms with van der Waals surface area (Å²) in [6.45, 7) is -0.123. The number of para-hydroxylation sites is 2. The van der Waals surface area contributed by atoms with E-state index < -0.39 is 17.2 Å². The van der Waals surface area contributed by atoms with Crippen LogP contribution in [-0.2, 0) is 22.7 Å². The number of nitrogens with one attached hydrogen (secondary N) is 2. The quantitative estimate of drug-likeness (QED) is 0.332. The Balaban J connectivity index is 1.47. The average Bonchev–Trinajstić information content (AvgIpc) is 2.88. The highest BCUT2D eigenvalue weighted by molar-refractivity contribution is 6.30. The van der Waals surface area contributed by atoms with Crippen molar-refractivity contribution in [1.29, 1.82) is 0 Å². The van der Waals surface area contributed by atoms with Crippen LogP contribution in [0.4, 0.5) is 11.4 Å². The molecule has 0 atom stereocenters. The van der Waals surface area contributed by atoms with Gasteiger partial charge in [0.05, 0.1) is 10.9 Å². The van der Waals surface area contributed by atoms with Crippen molar-refractivity contribution in [1.82, 2.24) is 9.13 Å². The Labute approximate surface area is 212 Å². The van der Waals surface area contributed by atoms with Crippen molar-refractivity contribution in [3.8, 4) is 0 Å². The number of carbonyl (C=O) groups is 2. The van der Waals surface area contributed by atoms with Gasteiger partial charge in [-0.2, -0.15) is 0 Å². The summed E-state index contributed by atoms with van der Waals surface area (Å²) in [5.74, 6) is -0.546. The molecule has 8 nitrogen and oxygen atoms in total. The second-order valence-electron chi connectivity index (χ2n) is 8.27. The lowest BCUT2D eigenvalue weighted by molar-refractivity contribution is -0.117. The van der Waals surface area contributed by atoms with E-state index in [1.54, 1.807) is 60.7 Å². The Bertz CT molecular complexity index is 1490. The number of unbranched alkanes of at least 4 members (excludes halogenated alkanes) is 1. The van der Waals surface area contributed by atoms with E-state index in [-0.39, 0.29) is 25.4 Å². The van der Waals surface area contributed by atoms with E-state index in [2.05, 4.69) is 10.6 Å². The lowest BCUT2D eigenvalue weighted by Gasteiger charge is -2.14. The average molecular weight is 505 g/mol. The summed E-state index contributed by atoms with van der Waals surface area (Å²) < 4.78 is 2.43. The number of hydrogen-bond donors (Lipinski definition) is 2. The minimum absolute atomic E-state index is 0.136. The molecule has 4 aromatic rings. The van der Waals surface area contributed by atoms with Gasteiger partial charge in [0.25, 0.3) is 5.56 Å². The number of benzene rings is 3. The largest absolute Gasteiger partial charge is 0.331 e. The second kappa shape index (κ2) is 11.5. The van der Waals surface area contributed by atoms with Crippen LogP contribution in [0.25, 0.3) is 10.9 Å². The molecule has 0 unspecified atom stereocenters. The molecule has 0 saturated heterocycles. The zero-order valence-corrected chi connectivity index (χ0v) is 20.2. The zero-order chi connectivity index (χ0) is 25.5. The van der Waals surface area contributed by atoms with Crippen LogP contribution >= 0.6 is 11.6 Å². The maximum atomic E-state index is 13.3. The molecule has 0 radical (unpaired) electrons. The molecule has 3 aromatic carbocycles. The van der Waals surface area contributed by atoms with Gasteiger partial charge in [-0.05, 0) is 61.4 Å². The first-order valence-corrected chi connectivity index (χ1v) is 11.9. The van der Waals surface area contributed by atoms with Crippen LogP contribution in [0.15, 0.2) is 88.5 Å². The third kappa shape index (κ3) is 6.09. The molecule has 0 spiro atoms. The zero-order valence-electron chi connectivity index (χ0n) is 19.4. The molecule has 0 aliphatic carbocycles. The second-order valence-corrected chi connectivity index (χ2v) is 8.71.